The molecule has 66 valence electrons. The summed E-state index contributed by atoms with van der Waals surface area (Å²) < 4.78 is 25.6. The third-order valence-electron chi connectivity index (χ3n) is 1.17. The van der Waals surface area contributed by atoms with Crippen LogP contribution in [0.1, 0.15) is 6.42 Å². The molecule has 0 atom stereocenters. The topological polar surface area (TPSA) is 75.3 Å². The van der Waals surface area contributed by atoms with Crippen molar-refractivity contribution >= 4 is 16.1 Å². The zero-order valence-corrected chi connectivity index (χ0v) is 7.02. The summed E-state index contributed by atoms with van der Waals surface area (Å²) in [5.74, 6) is -0.634. The lowest BCUT2D eigenvalue weighted by molar-refractivity contribution is -0.115. The van der Waals surface area contributed by atoms with Gasteiger partial charge in [-0.25, -0.2) is 4.72 Å². The minimum atomic E-state index is -3.67. The second-order valence-corrected chi connectivity index (χ2v) is 3.65. The van der Waals surface area contributed by atoms with Crippen molar-refractivity contribution in [1.29, 1.82) is 0 Å². The van der Waals surface area contributed by atoms with Crippen molar-refractivity contribution in [2.75, 3.05) is 0 Å². The molecule has 2 N–H and O–H groups in total. The Morgan fingerprint density at radius 1 is 1.50 bits per heavy atom. The molecule has 0 fully saturated rings. The van der Waals surface area contributed by atoms with Crippen molar-refractivity contribution in [3.8, 4) is 0 Å². The molecule has 0 radical (unpaired) electrons. The van der Waals surface area contributed by atoms with Gasteiger partial charge in [0.1, 0.15) is 0 Å². The molecule has 1 aliphatic rings. The fraction of sp³-hybridized carbons (Fsp3) is 0.167. The summed E-state index contributed by atoms with van der Waals surface area (Å²) in [6.07, 6.45) is 3.02. The van der Waals surface area contributed by atoms with Gasteiger partial charge in [-0.3, -0.25) is 9.52 Å². The van der Waals surface area contributed by atoms with Crippen LogP contribution >= 0.6 is 0 Å². The standard InChI is InChI=1S/C6H8N2O3S/c1-2-3-5-4-6(9)8-12(10,11)7-5/h2,4,7H,1,3H2,(H,8,9). The molecule has 0 aromatic carbocycles. The number of carbonyl (C=O) groups excluding carboxylic acids is 1. The molecule has 0 saturated carbocycles. The zero-order chi connectivity index (χ0) is 9.19. The quantitative estimate of drug-likeness (QED) is 0.569. The number of amides is 1. The molecule has 5 nitrogen and oxygen atoms in total. The number of rotatable bonds is 2. The molecule has 0 saturated heterocycles. The van der Waals surface area contributed by atoms with Gasteiger partial charge in [0.2, 0.25) is 0 Å². The summed E-state index contributed by atoms with van der Waals surface area (Å²) in [6.45, 7) is 3.42. The first-order chi connectivity index (χ1) is 5.53. The van der Waals surface area contributed by atoms with Gasteiger partial charge in [-0.1, -0.05) is 6.08 Å². The van der Waals surface area contributed by atoms with Crippen molar-refractivity contribution in [3.63, 3.8) is 0 Å². The number of allylic oxidation sites excluding steroid dienone is 1. The molecule has 1 rings (SSSR count). The van der Waals surface area contributed by atoms with Crippen LogP contribution in [-0.4, -0.2) is 14.3 Å². The first kappa shape index (κ1) is 8.79. The average molecular weight is 188 g/mol. The fourth-order valence-corrected chi connectivity index (χ4v) is 1.67. The Kier molecular flexibility index (Phi) is 2.18. The summed E-state index contributed by atoms with van der Waals surface area (Å²) in [4.78, 5) is 10.7. The highest BCUT2D eigenvalue weighted by molar-refractivity contribution is 7.88. The molecule has 0 aromatic rings. The summed E-state index contributed by atoms with van der Waals surface area (Å²) >= 11 is 0. The van der Waals surface area contributed by atoms with Crippen molar-refractivity contribution in [1.82, 2.24) is 9.44 Å². The van der Waals surface area contributed by atoms with Gasteiger partial charge in [0.05, 0.1) is 0 Å². The molecule has 0 aromatic heterocycles. The molecule has 1 heterocycles. The molecule has 12 heavy (non-hydrogen) atoms. The van der Waals surface area contributed by atoms with Crippen LogP contribution in [0.5, 0.6) is 0 Å². The van der Waals surface area contributed by atoms with E-state index in [4.69, 9.17) is 0 Å². The van der Waals surface area contributed by atoms with E-state index in [2.05, 4.69) is 11.3 Å². The molecule has 0 unspecified atom stereocenters. The predicted molar refractivity (Wildman–Crippen MR) is 43.1 cm³/mol. The second-order valence-electron chi connectivity index (χ2n) is 2.23. The lowest BCUT2D eigenvalue weighted by atomic mass is 10.3. The number of carbonyl (C=O) groups is 1. The van der Waals surface area contributed by atoms with Gasteiger partial charge in [0.25, 0.3) is 5.91 Å². The van der Waals surface area contributed by atoms with Gasteiger partial charge in [-0.15, -0.1) is 6.58 Å². The average Bonchev–Trinajstić information content (AvgIpc) is 1.82. The Morgan fingerprint density at radius 2 is 2.17 bits per heavy atom. The van der Waals surface area contributed by atoms with E-state index in [9.17, 15) is 13.2 Å². The zero-order valence-electron chi connectivity index (χ0n) is 6.20. The van der Waals surface area contributed by atoms with Gasteiger partial charge in [-0.2, -0.15) is 8.42 Å². The summed E-state index contributed by atoms with van der Waals surface area (Å²) in [6, 6.07) is 0. The maximum atomic E-state index is 10.8. The van der Waals surface area contributed by atoms with Crippen LogP contribution in [0.2, 0.25) is 0 Å². The Balaban J connectivity index is 2.90. The van der Waals surface area contributed by atoms with E-state index in [0.717, 1.165) is 0 Å². The monoisotopic (exact) mass is 188 g/mol. The Labute approximate surface area is 70.3 Å². The Hall–Kier alpha value is -1.30. The maximum Gasteiger partial charge on any atom is 0.323 e. The van der Waals surface area contributed by atoms with E-state index in [0.29, 0.717) is 12.1 Å². The van der Waals surface area contributed by atoms with Crippen LogP contribution in [0.15, 0.2) is 24.4 Å². The smallest absolute Gasteiger partial charge is 0.270 e. The Bertz CT molecular complexity index is 342. The molecule has 1 aliphatic heterocycles. The van der Waals surface area contributed by atoms with Crippen LogP contribution < -0.4 is 9.44 Å². The first-order valence-electron chi connectivity index (χ1n) is 3.19. The third kappa shape index (κ3) is 2.09. The van der Waals surface area contributed by atoms with Crippen molar-refractivity contribution in [2.45, 2.75) is 6.42 Å². The van der Waals surface area contributed by atoms with Gasteiger partial charge in [-0.05, 0) is 0 Å². The van der Waals surface area contributed by atoms with Crippen molar-refractivity contribution < 1.29 is 13.2 Å². The molecule has 1 amide bonds. The number of hydrogen-bond acceptors (Lipinski definition) is 3. The fourth-order valence-electron chi connectivity index (χ4n) is 0.804. The normalized spacial score (nSPS) is 20.3. The van der Waals surface area contributed by atoms with E-state index >= 15 is 0 Å². The van der Waals surface area contributed by atoms with Crippen LogP contribution in [0.4, 0.5) is 0 Å². The largest absolute Gasteiger partial charge is 0.323 e. The van der Waals surface area contributed by atoms with Crippen LogP contribution in [0, 0.1) is 0 Å². The van der Waals surface area contributed by atoms with E-state index in [1.165, 1.54) is 12.2 Å². The molecular formula is C6H8N2O3S. The van der Waals surface area contributed by atoms with Crippen molar-refractivity contribution in [3.05, 3.63) is 24.4 Å². The molecule has 0 aliphatic carbocycles. The second kappa shape index (κ2) is 2.98. The number of hydrogen-bond donors (Lipinski definition) is 2. The molecule has 0 spiro atoms. The predicted octanol–water partition coefficient (Wildman–Crippen LogP) is -0.589. The Morgan fingerprint density at radius 3 is 2.67 bits per heavy atom. The lowest BCUT2D eigenvalue weighted by Gasteiger charge is -2.14. The summed E-state index contributed by atoms with van der Waals surface area (Å²) in [5, 5.41) is 0. The van der Waals surface area contributed by atoms with Gasteiger partial charge < -0.3 is 0 Å². The molecule has 0 bridgehead atoms. The van der Waals surface area contributed by atoms with Gasteiger partial charge in [0, 0.05) is 18.2 Å². The summed E-state index contributed by atoms with van der Waals surface area (Å²) in [7, 11) is -3.67. The highest BCUT2D eigenvalue weighted by Crippen LogP contribution is 2.03. The van der Waals surface area contributed by atoms with Gasteiger partial charge >= 0.3 is 10.2 Å². The van der Waals surface area contributed by atoms with Crippen LogP contribution in [0.25, 0.3) is 0 Å². The maximum absolute atomic E-state index is 10.8. The number of nitrogens with one attached hydrogen (secondary N) is 2. The van der Waals surface area contributed by atoms with E-state index in [1.54, 1.807) is 4.72 Å². The van der Waals surface area contributed by atoms with Crippen LogP contribution in [-0.2, 0) is 15.0 Å². The van der Waals surface area contributed by atoms with E-state index < -0.39 is 16.1 Å². The highest BCUT2D eigenvalue weighted by Gasteiger charge is 2.19. The van der Waals surface area contributed by atoms with Crippen molar-refractivity contribution in [2.24, 2.45) is 0 Å². The van der Waals surface area contributed by atoms with E-state index in [1.807, 2.05) is 0 Å². The van der Waals surface area contributed by atoms with Gasteiger partial charge in [0.15, 0.2) is 0 Å². The van der Waals surface area contributed by atoms with E-state index in [-0.39, 0.29) is 0 Å². The lowest BCUT2D eigenvalue weighted by Crippen LogP contribution is -2.43. The highest BCUT2D eigenvalue weighted by atomic mass is 32.2. The van der Waals surface area contributed by atoms with Crippen LogP contribution in [0.3, 0.4) is 0 Å². The first-order valence-corrected chi connectivity index (χ1v) is 4.68. The minimum absolute atomic E-state index is 0.326. The third-order valence-corrected chi connectivity index (χ3v) is 2.17. The SMILES string of the molecule is C=CCC1=CC(=O)NS(=O)(=O)N1. The molecular weight excluding hydrogens is 180 g/mol. The molecule has 6 heteroatoms. The summed E-state index contributed by atoms with van der Waals surface area (Å²) in [5.41, 5.74) is 0.328. The minimum Gasteiger partial charge on any atom is -0.270 e.